The molecule has 0 saturated carbocycles. The Balaban J connectivity index is 1.86. The molecule has 0 spiro atoms. The van der Waals surface area contributed by atoms with Gasteiger partial charge in [-0.15, -0.1) is 0 Å². The van der Waals surface area contributed by atoms with Crippen molar-refractivity contribution in [1.82, 2.24) is 4.90 Å². The zero-order chi connectivity index (χ0) is 26.6. The van der Waals surface area contributed by atoms with Crippen molar-refractivity contribution in [1.29, 1.82) is 0 Å². The minimum atomic E-state index is -0.657. The highest BCUT2D eigenvalue weighted by Gasteiger charge is 2.40. The van der Waals surface area contributed by atoms with Crippen molar-refractivity contribution in [3.8, 4) is 0 Å². The molecule has 3 atom stereocenters. The summed E-state index contributed by atoms with van der Waals surface area (Å²) in [6.45, 7) is 4.09. The largest absolute Gasteiger partial charge is 0.464 e. The van der Waals surface area contributed by atoms with Gasteiger partial charge in [-0.1, -0.05) is 18.2 Å². The Bertz CT molecular complexity index is 987. The van der Waals surface area contributed by atoms with E-state index in [9.17, 15) is 4.79 Å². The summed E-state index contributed by atoms with van der Waals surface area (Å²) in [6.07, 6.45) is 3.01. The van der Waals surface area contributed by atoms with Crippen LogP contribution in [0.2, 0.25) is 0 Å². The zero-order valence-corrected chi connectivity index (χ0v) is 22.1. The number of aliphatic hydroxyl groups is 1. The number of furan rings is 1. The topological polar surface area (TPSA) is 109 Å². The molecule has 1 aromatic carbocycles. The molecule has 1 aliphatic rings. The van der Waals surface area contributed by atoms with Gasteiger partial charge in [0.25, 0.3) is 5.91 Å². The lowest BCUT2D eigenvalue weighted by molar-refractivity contribution is -0.174. The molecule has 10 heteroatoms. The van der Waals surface area contributed by atoms with Crippen LogP contribution in [0.15, 0.2) is 46.8 Å². The van der Waals surface area contributed by atoms with E-state index < -0.39 is 12.6 Å². The van der Waals surface area contributed by atoms with Crippen LogP contribution in [-0.2, 0) is 33.2 Å². The molecule has 37 heavy (non-hydrogen) atoms. The highest BCUT2D eigenvalue weighted by atomic mass is 16.7. The maximum Gasteiger partial charge on any atom is 0.288 e. The number of ether oxygens (including phenoxy) is 6. The predicted octanol–water partition coefficient (Wildman–Crippen LogP) is 2.90. The molecule has 1 aromatic heterocycles. The van der Waals surface area contributed by atoms with E-state index in [1.165, 1.54) is 19.1 Å². The number of fused-ring (bicyclic) bond motifs is 1. The van der Waals surface area contributed by atoms with Crippen LogP contribution in [0.25, 0.3) is 11.0 Å². The van der Waals surface area contributed by atoms with Gasteiger partial charge in [-0.2, -0.15) is 0 Å². The molecular weight excluding hydrogens is 482 g/mol. The maximum absolute atomic E-state index is 13.4. The molecular formula is C27H39NO9. The predicted molar refractivity (Wildman–Crippen MR) is 136 cm³/mol. The Labute approximate surface area is 218 Å². The summed E-state index contributed by atoms with van der Waals surface area (Å²) in [7, 11) is 4.73. The number of likely N-dealkylation sites (N-methyl/N-ethyl adjacent to an activating group) is 1. The number of carbonyl (C=O) groups excluding carboxylic acids is 1. The first-order valence-corrected chi connectivity index (χ1v) is 12.6. The van der Waals surface area contributed by atoms with Crippen LogP contribution in [0.3, 0.4) is 0 Å². The molecule has 0 fully saturated rings. The highest BCUT2D eigenvalue weighted by Crippen LogP contribution is 2.42. The van der Waals surface area contributed by atoms with Gasteiger partial charge in [0.2, 0.25) is 6.29 Å². The molecule has 1 N–H and O–H groups in total. The number of amides is 1. The lowest BCUT2D eigenvalue weighted by Crippen LogP contribution is -2.42. The first kappa shape index (κ1) is 29.1. The fraction of sp³-hybridized carbons (Fsp3) is 0.593. The van der Waals surface area contributed by atoms with Gasteiger partial charge in [0, 0.05) is 57.3 Å². The van der Waals surface area contributed by atoms with Crippen LogP contribution in [-0.4, -0.2) is 95.9 Å². The van der Waals surface area contributed by atoms with E-state index in [0.29, 0.717) is 32.8 Å². The highest BCUT2D eigenvalue weighted by molar-refractivity contribution is 5.92. The minimum absolute atomic E-state index is 0.0179. The number of para-hydroxylation sites is 1. The molecule has 0 radical (unpaired) electrons. The van der Waals surface area contributed by atoms with E-state index in [4.69, 9.17) is 37.9 Å². The minimum Gasteiger partial charge on any atom is -0.464 e. The number of hydrogen-bond donors (Lipinski definition) is 1. The van der Waals surface area contributed by atoms with Crippen LogP contribution in [0.1, 0.15) is 24.8 Å². The number of hydrogen-bond acceptors (Lipinski definition) is 9. The SMILES string of the molecule is CCOC1OC(C(=O)N(C)CC(OC)OC)=CC(c2coc3ccccc23)C1CCOCCOCCO. The second-order valence-corrected chi connectivity index (χ2v) is 8.67. The standard InChI is InChI=1S/C27H39NO9/c1-5-35-27-20(10-12-33-14-15-34-13-11-29)21(22-18-36-23-9-7-6-8-19(22)23)16-24(37-27)26(30)28(2)17-25(31-3)32-4/h6-9,16,18,20-21,25,27,29H,5,10-15,17H2,1-4H3. The molecule has 1 aliphatic heterocycles. The van der Waals surface area contributed by atoms with Crippen molar-refractivity contribution in [3.05, 3.63) is 47.9 Å². The Morgan fingerprint density at radius 1 is 1.11 bits per heavy atom. The van der Waals surface area contributed by atoms with E-state index in [1.54, 1.807) is 13.3 Å². The number of carbonyl (C=O) groups is 1. The first-order chi connectivity index (χ1) is 18.0. The second kappa shape index (κ2) is 15.1. The first-order valence-electron chi connectivity index (χ1n) is 12.6. The van der Waals surface area contributed by atoms with Crippen LogP contribution in [0.5, 0.6) is 0 Å². The van der Waals surface area contributed by atoms with Crippen molar-refractivity contribution in [2.24, 2.45) is 5.92 Å². The fourth-order valence-electron chi connectivity index (χ4n) is 4.39. The molecule has 0 bridgehead atoms. The van der Waals surface area contributed by atoms with Gasteiger partial charge in [0.05, 0.1) is 39.2 Å². The number of allylic oxidation sites excluding steroid dienone is 1. The van der Waals surface area contributed by atoms with Gasteiger partial charge in [-0.25, -0.2) is 0 Å². The number of benzene rings is 1. The second-order valence-electron chi connectivity index (χ2n) is 8.67. The summed E-state index contributed by atoms with van der Waals surface area (Å²) in [4.78, 5) is 14.9. The van der Waals surface area contributed by atoms with Crippen molar-refractivity contribution in [3.63, 3.8) is 0 Å². The fourth-order valence-corrected chi connectivity index (χ4v) is 4.39. The number of aliphatic hydroxyl groups excluding tert-OH is 1. The van der Waals surface area contributed by atoms with Crippen LogP contribution in [0.4, 0.5) is 0 Å². The summed E-state index contributed by atoms with van der Waals surface area (Å²) in [5.41, 5.74) is 1.73. The molecule has 0 aliphatic carbocycles. The molecule has 206 valence electrons. The van der Waals surface area contributed by atoms with Gasteiger partial charge in [0.1, 0.15) is 5.58 Å². The summed E-state index contributed by atoms with van der Waals surface area (Å²) < 4.78 is 39.5. The van der Waals surface area contributed by atoms with E-state index in [-0.39, 0.29) is 43.3 Å². The third-order valence-corrected chi connectivity index (χ3v) is 6.30. The summed E-state index contributed by atoms with van der Waals surface area (Å²) in [5.74, 6) is -0.433. The Morgan fingerprint density at radius 3 is 2.54 bits per heavy atom. The molecule has 1 amide bonds. The third-order valence-electron chi connectivity index (χ3n) is 6.30. The number of methoxy groups -OCH3 is 2. The molecule has 0 saturated heterocycles. The lowest BCUT2D eigenvalue weighted by Gasteiger charge is -2.37. The average molecular weight is 522 g/mol. The smallest absolute Gasteiger partial charge is 0.288 e. The van der Waals surface area contributed by atoms with Crippen LogP contribution in [0, 0.1) is 5.92 Å². The summed E-state index contributed by atoms with van der Waals surface area (Å²) >= 11 is 0. The van der Waals surface area contributed by atoms with Gasteiger partial charge in [-0.3, -0.25) is 4.79 Å². The Kier molecular flexibility index (Phi) is 11.8. The van der Waals surface area contributed by atoms with Gasteiger partial charge < -0.3 is 42.8 Å². The molecule has 2 heterocycles. The van der Waals surface area contributed by atoms with Gasteiger partial charge >= 0.3 is 0 Å². The third kappa shape index (κ3) is 7.76. The zero-order valence-electron chi connectivity index (χ0n) is 22.1. The molecule has 10 nitrogen and oxygen atoms in total. The summed E-state index contributed by atoms with van der Waals surface area (Å²) in [6, 6.07) is 7.81. The average Bonchev–Trinajstić information content (AvgIpc) is 3.35. The normalized spacial score (nSPS) is 19.7. The van der Waals surface area contributed by atoms with Gasteiger partial charge in [-0.05, 0) is 25.5 Å². The van der Waals surface area contributed by atoms with Crippen molar-refractivity contribution in [2.75, 3.05) is 67.5 Å². The monoisotopic (exact) mass is 521 g/mol. The molecule has 2 aromatic rings. The van der Waals surface area contributed by atoms with Crippen molar-refractivity contribution >= 4 is 16.9 Å². The molecule has 3 unspecified atom stereocenters. The molecule has 3 rings (SSSR count). The van der Waals surface area contributed by atoms with Crippen LogP contribution < -0.4 is 0 Å². The number of rotatable bonds is 16. The van der Waals surface area contributed by atoms with E-state index >= 15 is 0 Å². The van der Waals surface area contributed by atoms with Crippen LogP contribution >= 0.6 is 0 Å². The van der Waals surface area contributed by atoms with E-state index in [1.807, 2.05) is 37.3 Å². The maximum atomic E-state index is 13.4. The Hall–Kier alpha value is -2.47. The van der Waals surface area contributed by atoms with E-state index in [2.05, 4.69) is 0 Å². The lowest BCUT2D eigenvalue weighted by atomic mass is 9.81. The quantitative estimate of drug-likeness (QED) is 0.263. The van der Waals surface area contributed by atoms with Gasteiger partial charge in [0.15, 0.2) is 12.0 Å². The Morgan fingerprint density at radius 2 is 1.84 bits per heavy atom. The van der Waals surface area contributed by atoms with E-state index in [0.717, 1.165) is 16.5 Å². The van der Waals surface area contributed by atoms with Crippen molar-refractivity contribution < 1.29 is 42.7 Å². The van der Waals surface area contributed by atoms with Crippen molar-refractivity contribution in [2.45, 2.75) is 31.8 Å². The number of nitrogens with zero attached hydrogens (tertiary/aromatic N) is 1. The summed E-state index contributed by atoms with van der Waals surface area (Å²) in [5, 5.41) is 9.81.